The summed E-state index contributed by atoms with van der Waals surface area (Å²) >= 11 is 0. The summed E-state index contributed by atoms with van der Waals surface area (Å²) in [6, 6.07) is 7.96. The molecule has 0 saturated carbocycles. The van der Waals surface area contributed by atoms with Gasteiger partial charge in [0.2, 0.25) is 0 Å². The van der Waals surface area contributed by atoms with Gasteiger partial charge in [-0.3, -0.25) is 29.8 Å². The molecule has 2 aliphatic heterocycles. The van der Waals surface area contributed by atoms with Gasteiger partial charge < -0.3 is 14.2 Å². The Morgan fingerprint density at radius 3 is 2.78 bits per heavy atom. The van der Waals surface area contributed by atoms with Crippen LogP contribution in [0.5, 0.6) is 0 Å². The number of methoxy groups -OCH3 is 1. The number of nitrogens with zero attached hydrogens (tertiary/aromatic N) is 5. The summed E-state index contributed by atoms with van der Waals surface area (Å²) in [5.41, 5.74) is 5.13. The van der Waals surface area contributed by atoms with Crippen molar-refractivity contribution in [2.24, 2.45) is 0 Å². The van der Waals surface area contributed by atoms with Gasteiger partial charge in [-0.25, -0.2) is 13.9 Å². The van der Waals surface area contributed by atoms with Crippen LogP contribution < -0.4 is 10.4 Å². The van der Waals surface area contributed by atoms with Gasteiger partial charge in [-0.05, 0) is 36.8 Å². The minimum absolute atomic E-state index is 0.00500. The topological polar surface area (TPSA) is 147 Å². The molecular formula is C27H27FN6O7. The predicted molar refractivity (Wildman–Crippen MR) is 140 cm³/mol. The van der Waals surface area contributed by atoms with E-state index in [9.17, 15) is 14.4 Å². The van der Waals surface area contributed by atoms with Crippen molar-refractivity contribution in [3.8, 4) is 11.1 Å². The number of halogens is 1. The number of rotatable bonds is 11. The first-order valence-electron chi connectivity index (χ1n) is 12.8. The Kier molecular flexibility index (Phi) is 8.48. The molecule has 13 nitrogen and oxygen atoms in total. The lowest BCUT2D eigenvalue weighted by molar-refractivity contribution is -0.147. The number of carbonyl (C=O) groups is 3. The van der Waals surface area contributed by atoms with E-state index in [-0.39, 0.29) is 32.0 Å². The van der Waals surface area contributed by atoms with Gasteiger partial charge in [-0.15, -0.1) is 5.10 Å². The van der Waals surface area contributed by atoms with Crippen LogP contribution in [0.1, 0.15) is 25.0 Å². The Hall–Kier alpha value is -4.85. The second-order valence-corrected chi connectivity index (χ2v) is 9.29. The van der Waals surface area contributed by atoms with Gasteiger partial charge in [0.25, 0.3) is 0 Å². The number of carbonyl (C=O) groups excluding carboxylic acids is 3. The van der Waals surface area contributed by atoms with E-state index in [2.05, 4.69) is 25.5 Å². The van der Waals surface area contributed by atoms with Crippen LogP contribution in [0.3, 0.4) is 0 Å². The van der Waals surface area contributed by atoms with Gasteiger partial charge in [0, 0.05) is 36.4 Å². The molecule has 4 heterocycles. The maximum absolute atomic E-state index is 15.1. The fourth-order valence-electron chi connectivity index (χ4n) is 4.32. The van der Waals surface area contributed by atoms with Crippen molar-refractivity contribution in [2.75, 3.05) is 25.2 Å². The second kappa shape index (κ2) is 12.6. The molecule has 3 aromatic rings. The molecule has 0 bridgehead atoms. The Labute approximate surface area is 233 Å². The third kappa shape index (κ3) is 6.84. The van der Waals surface area contributed by atoms with E-state index in [4.69, 9.17) is 14.3 Å². The number of hydroxylamine groups is 1. The van der Waals surface area contributed by atoms with Gasteiger partial charge in [0.15, 0.2) is 0 Å². The first-order chi connectivity index (χ1) is 19.9. The number of aromatic nitrogens is 4. The molecular weight excluding hydrogens is 539 g/mol. The number of pyridine rings is 1. The maximum atomic E-state index is 15.1. The van der Waals surface area contributed by atoms with Gasteiger partial charge in [-0.2, -0.15) is 0 Å². The number of amides is 1. The van der Waals surface area contributed by atoms with E-state index in [1.54, 1.807) is 41.2 Å². The molecule has 2 aromatic heterocycles. The molecule has 214 valence electrons. The second-order valence-electron chi connectivity index (χ2n) is 9.29. The Bertz CT molecular complexity index is 1430. The van der Waals surface area contributed by atoms with Gasteiger partial charge >= 0.3 is 18.0 Å². The lowest BCUT2D eigenvalue weighted by Gasteiger charge is -2.14. The zero-order valence-electron chi connectivity index (χ0n) is 22.1. The Balaban J connectivity index is 1.16. The molecule has 1 fully saturated rings. The summed E-state index contributed by atoms with van der Waals surface area (Å²) in [6.07, 6.45) is 5.54. The first kappa shape index (κ1) is 27.7. The third-order valence-corrected chi connectivity index (χ3v) is 6.42. The monoisotopic (exact) mass is 566 g/mol. The van der Waals surface area contributed by atoms with Crippen LogP contribution in [-0.4, -0.2) is 70.5 Å². The summed E-state index contributed by atoms with van der Waals surface area (Å²) in [4.78, 5) is 46.6. The van der Waals surface area contributed by atoms with Gasteiger partial charge in [0.05, 0.1) is 43.5 Å². The van der Waals surface area contributed by atoms with Gasteiger partial charge in [-0.1, -0.05) is 11.3 Å². The van der Waals surface area contributed by atoms with Crippen LogP contribution in [0.15, 0.2) is 55.0 Å². The fraction of sp³-hybridized carbons (Fsp3) is 0.333. The third-order valence-electron chi connectivity index (χ3n) is 6.42. The number of cyclic esters (lactones) is 1. The van der Waals surface area contributed by atoms with Crippen molar-refractivity contribution in [3.05, 3.63) is 66.5 Å². The number of esters is 2. The lowest BCUT2D eigenvalue weighted by Crippen LogP contribution is -2.26. The molecule has 0 aliphatic carbocycles. The number of benzene rings is 1. The molecule has 5 rings (SSSR count). The summed E-state index contributed by atoms with van der Waals surface area (Å²) < 4.78 is 31.8. The van der Waals surface area contributed by atoms with Crippen LogP contribution in [0.2, 0.25) is 0 Å². The molecule has 1 aromatic carbocycles. The molecule has 0 radical (unpaired) electrons. The van der Waals surface area contributed by atoms with Crippen molar-refractivity contribution in [3.63, 3.8) is 0 Å². The van der Waals surface area contributed by atoms with Crippen molar-refractivity contribution in [2.45, 2.75) is 38.0 Å². The van der Waals surface area contributed by atoms with Gasteiger partial charge in [0.1, 0.15) is 24.6 Å². The summed E-state index contributed by atoms with van der Waals surface area (Å²) in [5.74, 6) is -1.34. The number of anilines is 1. The average molecular weight is 567 g/mol. The van der Waals surface area contributed by atoms with Crippen molar-refractivity contribution in [1.82, 2.24) is 25.5 Å². The normalized spacial score (nSPS) is 18.0. The molecule has 1 saturated heterocycles. The Morgan fingerprint density at radius 1 is 1.20 bits per heavy atom. The number of hydrogen-bond acceptors (Lipinski definition) is 11. The first-order valence-corrected chi connectivity index (χ1v) is 12.8. The summed E-state index contributed by atoms with van der Waals surface area (Å²) in [7, 11) is 1.29. The standard InChI is InChI=1S/C27H27FN6O7/c1-38-25(35)3-2-4-26(36)39-16-19-12-24(31-41-19)23-8-5-17(13-29-23)21-7-6-18(11-22(21)28)34-15-20(40-27(34)37)14-33-10-9-30-32-33/h5-13,19-20,31H,2-4,14-16H2,1H3/t19-,20-/m0/s1. The quantitative estimate of drug-likeness (QED) is 0.270. The summed E-state index contributed by atoms with van der Waals surface area (Å²) in [5, 5.41) is 7.61. The Morgan fingerprint density at radius 2 is 2.05 bits per heavy atom. The highest BCUT2D eigenvalue weighted by atomic mass is 19.1. The van der Waals surface area contributed by atoms with Crippen LogP contribution in [0, 0.1) is 5.82 Å². The molecule has 1 N–H and O–H groups in total. The predicted octanol–water partition coefficient (Wildman–Crippen LogP) is 2.64. The number of nitrogens with one attached hydrogen (secondary N) is 1. The van der Waals surface area contributed by atoms with E-state index >= 15 is 4.39 Å². The molecule has 0 unspecified atom stereocenters. The highest BCUT2D eigenvalue weighted by Crippen LogP contribution is 2.30. The highest BCUT2D eigenvalue weighted by molar-refractivity contribution is 5.90. The van der Waals surface area contributed by atoms with Crippen LogP contribution in [-0.2, 0) is 35.2 Å². The molecule has 1 amide bonds. The molecule has 0 spiro atoms. The van der Waals surface area contributed by atoms with E-state index in [0.29, 0.717) is 41.2 Å². The summed E-state index contributed by atoms with van der Waals surface area (Å²) in [6.45, 7) is 0.601. The average Bonchev–Trinajstić information content (AvgIpc) is 3.74. The van der Waals surface area contributed by atoms with Crippen LogP contribution >= 0.6 is 0 Å². The van der Waals surface area contributed by atoms with Crippen LogP contribution in [0.4, 0.5) is 14.9 Å². The van der Waals surface area contributed by atoms with Crippen molar-refractivity contribution in [1.29, 1.82) is 0 Å². The fourth-order valence-corrected chi connectivity index (χ4v) is 4.32. The SMILES string of the molecule is COC(=O)CCCC(=O)OC[C@@H]1C=C(c2ccc(-c3ccc(N4C[C@H](Cn5ccnn5)OC4=O)cc3F)cn2)NO1. The minimum Gasteiger partial charge on any atom is -0.469 e. The van der Waals surface area contributed by atoms with Crippen molar-refractivity contribution >= 4 is 29.4 Å². The lowest BCUT2D eigenvalue weighted by atomic mass is 10.1. The van der Waals surface area contributed by atoms with E-state index in [0.717, 1.165) is 0 Å². The van der Waals surface area contributed by atoms with E-state index in [1.165, 1.54) is 30.5 Å². The highest BCUT2D eigenvalue weighted by Gasteiger charge is 2.33. The number of hydrogen-bond donors (Lipinski definition) is 1. The molecule has 2 aliphatic rings. The van der Waals surface area contributed by atoms with E-state index < -0.39 is 30.1 Å². The molecule has 2 atom stereocenters. The molecule has 14 heteroatoms. The van der Waals surface area contributed by atoms with Crippen LogP contribution in [0.25, 0.3) is 16.8 Å². The maximum Gasteiger partial charge on any atom is 0.414 e. The largest absolute Gasteiger partial charge is 0.469 e. The zero-order chi connectivity index (χ0) is 28.8. The van der Waals surface area contributed by atoms with Crippen molar-refractivity contribution < 1.29 is 37.8 Å². The zero-order valence-corrected chi connectivity index (χ0v) is 22.1. The van der Waals surface area contributed by atoms with E-state index in [1.807, 2.05) is 0 Å². The smallest absolute Gasteiger partial charge is 0.414 e. The molecule has 41 heavy (non-hydrogen) atoms. The number of ether oxygens (including phenoxy) is 3. The minimum atomic E-state index is -0.556.